The summed E-state index contributed by atoms with van der Waals surface area (Å²) in [5.74, 6) is 2.69. The van der Waals surface area contributed by atoms with Crippen LogP contribution in [0.4, 0.5) is 0 Å². The van der Waals surface area contributed by atoms with Crippen molar-refractivity contribution in [3.8, 4) is 5.75 Å². The molecule has 0 aromatic heterocycles. The van der Waals surface area contributed by atoms with Gasteiger partial charge in [0.05, 0.1) is 6.61 Å². The molecule has 0 bridgehead atoms. The Balaban J connectivity index is 1.64. The summed E-state index contributed by atoms with van der Waals surface area (Å²) in [7, 11) is 2.59. The maximum Gasteiger partial charge on any atom is 0.500 e. The fraction of sp³-hybridized carbons (Fsp3) is 0.739. The molecule has 0 aliphatic heterocycles. The molecule has 1 aromatic rings. The SMILES string of the molecule is CCCC1CCC(c2ccc(OCCCCC[Si](OC)(OC)OC)cc2)CC1. The molecule has 0 atom stereocenters. The second-order valence-electron chi connectivity index (χ2n) is 8.03. The van der Waals surface area contributed by atoms with Crippen molar-refractivity contribution in [3.05, 3.63) is 29.8 Å². The maximum atomic E-state index is 5.93. The first-order chi connectivity index (χ1) is 13.7. The Bertz CT molecular complexity index is 514. The van der Waals surface area contributed by atoms with Crippen LogP contribution in [0.15, 0.2) is 24.3 Å². The van der Waals surface area contributed by atoms with Crippen molar-refractivity contribution in [2.45, 2.75) is 76.7 Å². The van der Waals surface area contributed by atoms with Crippen LogP contribution in [0.25, 0.3) is 0 Å². The highest BCUT2D eigenvalue weighted by Crippen LogP contribution is 2.37. The molecule has 1 saturated carbocycles. The van der Waals surface area contributed by atoms with Crippen molar-refractivity contribution >= 4 is 8.80 Å². The molecule has 1 fully saturated rings. The second-order valence-corrected chi connectivity index (χ2v) is 11.1. The van der Waals surface area contributed by atoms with Gasteiger partial charge in [0.1, 0.15) is 5.75 Å². The number of hydrogen-bond acceptors (Lipinski definition) is 4. The standard InChI is InChI=1S/C23H40O4Si/c1-5-9-20-10-12-21(13-11-20)22-14-16-23(17-15-22)27-18-7-6-8-19-28(24-2,25-3)26-4/h14-17,20-21H,5-13,18-19H2,1-4H3. The Kier molecular flexibility index (Phi) is 10.6. The first-order valence-electron chi connectivity index (χ1n) is 11.0. The number of ether oxygens (including phenoxy) is 1. The summed E-state index contributed by atoms with van der Waals surface area (Å²) in [5.41, 5.74) is 1.49. The molecule has 4 nitrogen and oxygen atoms in total. The van der Waals surface area contributed by atoms with Gasteiger partial charge in [-0.15, -0.1) is 0 Å². The third kappa shape index (κ3) is 7.18. The van der Waals surface area contributed by atoms with Crippen molar-refractivity contribution in [3.63, 3.8) is 0 Å². The van der Waals surface area contributed by atoms with E-state index in [4.69, 9.17) is 18.0 Å². The lowest BCUT2D eigenvalue weighted by atomic mass is 9.77. The van der Waals surface area contributed by atoms with Gasteiger partial charge in [-0.1, -0.05) is 38.3 Å². The van der Waals surface area contributed by atoms with E-state index in [1.807, 2.05) is 0 Å². The number of rotatable bonds is 13. The largest absolute Gasteiger partial charge is 0.500 e. The van der Waals surface area contributed by atoms with Crippen LogP contribution in [-0.4, -0.2) is 36.7 Å². The van der Waals surface area contributed by atoms with Crippen LogP contribution in [-0.2, 0) is 13.3 Å². The molecule has 5 heteroatoms. The summed E-state index contributed by atoms with van der Waals surface area (Å²) < 4.78 is 22.3. The van der Waals surface area contributed by atoms with Crippen molar-refractivity contribution < 1.29 is 18.0 Å². The summed E-state index contributed by atoms with van der Waals surface area (Å²) >= 11 is 0. The zero-order valence-corrected chi connectivity index (χ0v) is 19.4. The van der Waals surface area contributed by atoms with Gasteiger partial charge < -0.3 is 18.0 Å². The molecule has 0 amide bonds. The minimum Gasteiger partial charge on any atom is -0.494 e. The van der Waals surface area contributed by atoms with Crippen LogP contribution in [0.2, 0.25) is 6.04 Å². The molecular weight excluding hydrogens is 368 g/mol. The normalized spacial score (nSPS) is 20.3. The van der Waals surface area contributed by atoms with Crippen LogP contribution in [0.3, 0.4) is 0 Å². The quantitative estimate of drug-likeness (QED) is 0.288. The Morgan fingerprint density at radius 2 is 1.50 bits per heavy atom. The number of benzene rings is 1. The Morgan fingerprint density at radius 3 is 2.07 bits per heavy atom. The molecule has 1 aromatic carbocycles. The lowest BCUT2D eigenvalue weighted by molar-refractivity contribution is 0.122. The zero-order chi connectivity index (χ0) is 20.2. The summed E-state index contributed by atoms with van der Waals surface area (Å²) in [6.07, 6.45) is 11.4. The molecule has 0 saturated heterocycles. The Hall–Kier alpha value is -0.883. The summed E-state index contributed by atoms with van der Waals surface area (Å²) in [4.78, 5) is 0. The van der Waals surface area contributed by atoms with Gasteiger partial charge in [0.25, 0.3) is 0 Å². The van der Waals surface area contributed by atoms with Crippen LogP contribution < -0.4 is 4.74 Å². The third-order valence-corrected chi connectivity index (χ3v) is 9.06. The van der Waals surface area contributed by atoms with Gasteiger partial charge in [-0.2, -0.15) is 0 Å². The molecule has 0 radical (unpaired) electrons. The summed E-state index contributed by atoms with van der Waals surface area (Å²) in [6, 6.07) is 9.69. The maximum absolute atomic E-state index is 5.93. The van der Waals surface area contributed by atoms with Gasteiger partial charge in [0.15, 0.2) is 0 Å². The van der Waals surface area contributed by atoms with E-state index in [2.05, 4.69) is 31.2 Å². The first-order valence-corrected chi connectivity index (χ1v) is 13.0. The lowest BCUT2D eigenvalue weighted by Gasteiger charge is -2.28. The number of hydrogen-bond donors (Lipinski definition) is 0. The van der Waals surface area contributed by atoms with Gasteiger partial charge in [-0.05, 0) is 68.1 Å². The molecule has 0 heterocycles. The molecule has 0 unspecified atom stereocenters. The first kappa shape index (κ1) is 23.4. The lowest BCUT2D eigenvalue weighted by Crippen LogP contribution is -2.42. The van der Waals surface area contributed by atoms with Crippen LogP contribution in [0, 0.1) is 5.92 Å². The molecule has 2 rings (SSSR count). The molecule has 1 aliphatic carbocycles. The second kappa shape index (κ2) is 12.6. The van der Waals surface area contributed by atoms with Gasteiger partial charge in [-0.25, -0.2) is 0 Å². The van der Waals surface area contributed by atoms with E-state index in [1.165, 1.54) is 44.1 Å². The van der Waals surface area contributed by atoms with Gasteiger partial charge >= 0.3 is 8.80 Å². The van der Waals surface area contributed by atoms with E-state index in [9.17, 15) is 0 Å². The van der Waals surface area contributed by atoms with E-state index < -0.39 is 8.80 Å². The fourth-order valence-corrected chi connectivity index (χ4v) is 6.19. The highest BCUT2D eigenvalue weighted by Gasteiger charge is 2.36. The average molecular weight is 409 g/mol. The van der Waals surface area contributed by atoms with Gasteiger partial charge in [0.2, 0.25) is 0 Å². The van der Waals surface area contributed by atoms with Gasteiger partial charge in [0, 0.05) is 27.4 Å². The topological polar surface area (TPSA) is 36.9 Å². The van der Waals surface area contributed by atoms with Crippen molar-refractivity contribution in [2.75, 3.05) is 27.9 Å². The molecule has 0 N–H and O–H groups in total. The van der Waals surface area contributed by atoms with E-state index in [-0.39, 0.29) is 0 Å². The summed E-state index contributed by atoms with van der Waals surface area (Å²) in [6.45, 7) is 3.06. The molecule has 0 spiro atoms. The molecule has 160 valence electrons. The minimum atomic E-state index is -2.41. The average Bonchev–Trinajstić information content (AvgIpc) is 2.75. The van der Waals surface area contributed by atoms with E-state index in [0.29, 0.717) is 0 Å². The monoisotopic (exact) mass is 408 g/mol. The van der Waals surface area contributed by atoms with E-state index in [1.54, 1.807) is 21.3 Å². The van der Waals surface area contributed by atoms with Crippen LogP contribution in [0.5, 0.6) is 5.75 Å². The smallest absolute Gasteiger partial charge is 0.494 e. The zero-order valence-electron chi connectivity index (χ0n) is 18.4. The highest BCUT2D eigenvalue weighted by atomic mass is 28.4. The van der Waals surface area contributed by atoms with Crippen molar-refractivity contribution in [2.24, 2.45) is 5.92 Å². The third-order valence-electron chi connectivity index (χ3n) is 6.22. The number of unbranched alkanes of at least 4 members (excludes halogenated alkanes) is 2. The summed E-state index contributed by atoms with van der Waals surface area (Å²) in [5, 5.41) is 0. The highest BCUT2D eigenvalue weighted by molar-refractivity contribution is 6.60. The molecule has 28 heavy (non-hydrogen) atoms. The Morgan fingerprint density at radius 1 is 0.857 bits per heavy atom. The Labute approximate surface area is 173 Å². The van der Waals surface area contributed by atoms with Crippen LogP contribution in [0.1, 0.15) is 76.2 Å². The fourth-order valence-electron chi connectivity index (χ4n) is 4.40. The van der Waals surface area contributed by atoms with Gasteiger partial charge in [-0.3, -0.25) is 0 Å². The van der Waals surface area contributed by atoms with Crippen molar-refractivity contribution in [1.29, 1.82) is 0 Å². The van der Waals surface area contributed by atoms with E-state index in [0.717, 1.165) is 49.5 Å². The van der Waals surface area contributed by atoms with Crippen molar-refractivity contribution in [1.82, 2.24) is 0 Å². The van der Waals surface area contributed by atoms with Crippen LogP contribution >= 0.6 is 0 Å². The molecular formula is C23H40O4Si. The molecule has 1 aliphatic rings. The van der Waals surface area contributed by atoms with E-state index >= 15 is 0 Å². The minimum absolute atomic E-state index is 0.744. The predicted octanol–water partition coefficient (Wildman–Crippen LogP) is 6.19. The predicted molar refractivity (Wildman–Crippen MR) is 117 cm³/mol.